The molecule has 2 aromatic rings. The van der Waals surface area contributed by atoms with Crippen molar-refractivity contribution in [3.63, 3.8) is 0 Å². The number of hydrogen-bond acceptors (Lipinski definition) is 3. The SMILES string of the molecule is COc1ccccc1CC(=O)N1CCC(n2nc(C(C)C)cc2C(C)C)CC1. The van der Waals surface area contributed by atoms with Crippen molar-refractivity contribution in [2.45, 2.75) is 64.8 Å². The van der Waals surface area contributed by atoms with E-state index in [-0.39, 0.29) is 5.91 Å². The standard InChI is InChI=1S/C23H33N3O2/c1-16(2)20-15-21(17(3)4)26(24-20)19-10-12-25(13-11-19)23(27)14-18-8-6-7-9-22(18)28-5/h6-9,15-17,19H,10-14H2,1-5H3. The predicted octanol–water partition coefficient (Wildman–Crippen LogP) is 4.54. The lowest BCUT2D eigenvalue weighted by Gasteiger charge is -2.33. The van der Waals surface area contributed by atoms with Crippen LogP contribution in [0, 0.1) is 0 Å². The van der Waals surface area contributed by atoms with Gasteiger partial charge in [0.25, 0.3) is 0 Å². The van der Waals surface area contributed by atoms with E-state index in [1.165, 1.54) is 11.4 Å². The maximum Gasteiger partial charge on any atom is 0.227 e. The minimum absolute atomic E-state index is 0.176. The average molecular weight is 384 g/mol. The summed E-state index contributed by atoms with van der Waals surface area (Å²) in [5.41, 5.74) is 3.42. The molecule has 3 rings (SSSR count). The highest BCUT2D eigenvalue weighted by Gasteiger charge is 2.27. The number of carbonyl (C=O) groups is 1. The number of piperidine rings is 1. The largest absolute Gasteiger partial charge is 0.496 e. The second kappa shape index (κ2) is 8.80. The molecule has 1 aromatic heterocycles. The van der Waals surface area contributed by atoms with Gasteiger partial charge in [0.05, 0.1) is 25.3 Å². The van der Waals surface area contributed by atoms with Gasteiger partial charge in [0.2, 0.25) is 5.91 Å². The van der Waals surface area contributed by atoms with Gasteiger partial charge < -0.3 is 9.64 Å². The third kappa shape index (κ3) is 4.40. The maximum atomic E-state index is 12.8. The van der Waals surface area contributed by atoms with Gasteiger partial charge in [0, 0.05) is 24.3 Å². The van der Waals surface area contributed by atoms with Gasteiger partial charge in [-0.3, -0.25) is 9.48 Å². The number of para-hydroxylation sites is 1. The van der Waals surface area contributed by atoms with Crippen molar-refractivity contribution in [3.8, 4) is 5.75 Å². The van der Waals surface area contributed by atoms with E-state index in [1.807, 2.05) is 29.2 Å². The van der Waals surface area contributed by atoms with Crippen LogP contribution in [0.4, 0.5) is 0 Å². The molecule has 0 radical (unpaired) electrons. The van der Waals surface area contributed by atoms with Crippen LogP contribution in [0.5, 0.6) is 5.75 Å². The van der Waals surface area contributed by atoms with Crippen molar-refractivity contribution < 1.29 is 9.53 Å². The summed E-state index contributed by atoms with van der Waals surface area (Å²) >= 11 is 0. The van der Waals surface area contributed by atoms with Gasteiger partial charge in [-0.15, -0.1) is 0 Å². The summed E-state index contributed by atoms with van der Waals surface area (Å²) in [5, 5.41) is 4.91. The maximum absolute atomic E-state index is 12.8. The van der Waals surface area contributed by atoms with Crippen molar-refractivity contribution in [1.29, 1.82) is 0 Å². The van der Waals surface area contributed by atoms with Gasteiger partial charge in [-0.25, -0.2) is 0 Å². The van der Waals surface area contributed by atoms with E-state index in [0.717, 1.165) is 37.2 Å². The molecule has 1 amide bonds. The Morgan fingerprint density at radius 3 is 2.43 bits per heavy atom. The summed E-state index contributed by atoms with van der Waals surface area (Å²) in [4.78, 5) is 14.8. The fourth-order valence-corrected chi connectivity index (χ4v) is 3.92. The number of nitrogens with zero attached hydrogens (tertiary/aromatic N) is 3. The first kappa shape index (κ1) is 20.4. The molecule has 5 nitrogen and oxygen atoms in total. The van der Waals surface area contributed by atoms with Gasteiger partial charge in [-0.2, -0.15) is 5.10 Å². The molecule has 2 heterocycles. The fraction of sp³-hybridized carbons (Fsp3) is 0.565. The van der Waals surface area contributed by atoms with Crippen LogP contribution in [0.3, 0.4) is 0 Å². The van der Waals surface area contributed by atoms with Gasteiger partial charge in [0.15, 0.2) is 0 Å². The molecule has 0 aliphatic carbocycles. The molecule has 1 fully saturated rings. The van der Waals surface area contributed by atoms with Crippen LogP contribution < -0.4 is 4.74 Å². The summed E-state index contributed by atoms with van der Waals surface area (Å²) in [6.07, 6.45) is 2.30. The van der Waals surface area contributed by atoms with E-state index >= 15 is 0 Å². The van der Waals surface area contributed by atoms with E-state index in [0.29, 0.717) is 24.3 Å². The van der Waals surface area contributed by atoms with Crippen molar-refractivity contribution in [1.82, 2.24) is 14.7 Å². The summed E-state index contributed by atoms with van der Waals surface area (Å²) in [5.74, 6) is 1.84. The molecule has 1 aliphatic rings. The van der Waals surface area contributed by atoms with Crippen LogP contribution in [0.25, 0.3) is 0 Å². The normalized spacial score (nSPS) is 15.5. The highest BCUT2D eigenvalue weighted by Crippen LogP contribution is 2.29. The van der Waals surface area contributed by atoms with Gasteiger partial charge >= 0.3 is 0 Å². The van der Waals surface area contributed by atoms with Crippen LogP contribution in [0.2, 0.25) is 0 Å². The Morgan fingerprint density at radius 1 is 1.14 bits per heavy atom. The van der Waals surface area contributed by atoms with E-state index < -0.39 is 0 Å². The third-order valence-electron chi connectivity index (χ3n) is 5.66. The highest BCUT2D eigenvalue weighted by molar-refractivity contribution is 5.79. The number of benzene rings is 1. The number of hydrogen-bond donors (Lipinski definition) is 0. The topological polar surface area (TPSA) is 47.4 Å². The van der Waals surface area contributed by atoms with Crippen molar-refractivity contribution in [3.05, 3.63) is 47.3 Å². The zero-order valence-electron chi connectivity index (χ0n) is 17.8. The molecule has 0 unspecified atom stereocenters. The quantitative estimate of drug-likeness (QED) is 0.735. The summed E-state index contributed by atoms with van der Waals surface area (Å²) < 4.78 is 7.62. The van der Waals surface area contributed by atoms with Crippen LogP contribution >= 0.6 is 0 Å². The summed E-state index contributed by atoms with van der Waals surface area (Å²) in [6.45, 7) is 10.4. The zero-order valence-corrected chi connectivity index (χ0v) is 17.8. The molecular formula is C23H33N3O2. The monoisotopic (exact) mass is 383 g/mol. The smallest absolute Gasteiger partial charge is 0.227 e. The van der Waals surface area contributed by atoms with Crippen molar-refractivity contribution >= 4 is 5.91 Å². The number of amides is 1. The first-order valence-electron chi connectivity index (χ1n) is 10.4. The van der Waals surface area contributed by atoms with Gasteiger partial charge in [-0.1, -0.05) is 45.9 Å². The second-order valence-corrected chi connectivity index (χ2v) is 8.35. The number of methoxy groups -OCH3 is 1. The van der Waals surface area contributed by atoms with Crippen LogP contribution in [0.15, 0.2) is 30.3 Å². The van der Waals surface area contributed by atoms with Crippen LogP contribution in [-0.4, -0.2) is 40.8 Å². The Balaban J connectivity index is 1.65. The molecule has 0 atom stereocenters. The molecule has 0 bridgehead atoms. The Bertz CT molecular complexity index is 802. The predicted molar refractivity (Wildman–Crippen MR) is 112 cm³/mol. The molecule has 1 aromatic carbocycles. The number of carbonyl (C=O) groups excluding carboxylic acids is 1. The lowest BCUT2D eigenvalue weighted by molar-refractivity contribution is -0.131. The molecule has 5 heteroatoms. The third-order valence-corrected chi connectivity index (χ3v) is 5.66. The van der Waals surface area contributed by atoms with Crippen LogP contribution in [-0.2, 0) is 11.2 Å². The molecule has 152 valence electrons. The summed E-state index contributed by atoms with van der Waals surface area (Å²) in [7, 11) is 1.65. The Kier molecular flexibility index (Phi) is 6.42. The fourth-order valence-electron chi connectivity index (χ4n) is 3.92. The van der Waals surface area contributed by atoms with E-state index in [2.05, 4.69) is 38.4 Å². The van der Waals surface area contributed by atoms with Gasteiger partial charge in [-0.05, 0) is 36.8 Å². The Hall–Kier alpha value is -2.30. The van der Waals surface area contributed by atoms with Crippen molar-refractivity contribution in [2.75, 3.05) is 20.2 Å². The van der Waals surface area contributed by atoms with E-state index in [4.69, 9.17) is 9.84 Å². The highest BCUT2D eigenvalue weighted by atomic mass is 16.5. The van der Waals surface area contributed by atoms with Crippen LogP contribution in [0.1, 0.15) is 75.4 Å². The molecular weight excluding hydrogens is 350 g/mol. The lowest BCUT2D eigenvalue weighted by Crippen LogP contribution is -2.40. The Labute approximate surface area is 168 Å². The number of ether oxygens (including phenoxy) is 1. The number of likely N-dealkylation sites (tertiary alicyclic amines) is 1. The van der Waals surface area contributed by atoms with E-state index in [9.17, 15) is 4.79 Å². The number of aromatic nitrogens is 2. The number of rotatable bonds is 6. The lowest BCUT2D eigenvalue weighted by atomic mass is 10.0. The minimum atomic E-state index is 0.176. The molecule has 0 spiro atoms. The van der Waals surface area contributed by atoms with Gasteiger partial charge in [0.1, 0.15) is 5.75 Å². The molecule has 28 heavy (non-hydrogen) atoms. The molecule has 1 aliphatic heterocycles. The molecule has 0 saturated carbocycles. The molecule has 1 saturated heterocycles. The first-order valence-corrected chi connectivity index (χ1v) is 10.4. The average Bonchev–Trinajstić information content (AvgIpc) is 3.14. The second-order valence-electron chi connectivity index (χ2n) is 8.35. The van der Waals surface area contributed by atoms with Crippen molar-refractivity contribution in [2.24, 2.45) is 0 Å². The minimum Gasteiger partial charge on any atom is -0.496 e. The Morgan fingerprint density at radius 2 is 1.82 bits per heavy atom. The van der Waals surface area contributed by atoms with E-state index in [1.54, 1.807) is 7.11 Å². The molecule has 0 N–H and O–H groups in total. The zero-order chi connectivity index (χ0) is 20.3. The first-order chi connectivity index (χ1) is 13.4. The summed E-state index contributed by atoms with van der Waals surface area (Å²) in [6, 6.07) is 10.4.